The van der Waals surface area contributed by atoms with Gasteiger partial charge in [-0.2, -0.15) is 0 Å². The number of carbonyl (C=O) groups is 1. The van der Waals surface area contributed by atoms with E-state index in [0.29, 0.717) is 0 Å². The lowest BCUT2D eigenvalue weighted by Crippen LogP contribution is -1.97. The zero-order chi connectivity index (χ0) is 17.0. The Kier molecular flexibility index (Phi) is 2.92. The Balaban J connectivity index is 1.91. The maximum atomic E-state index is 13.0. The molecule has 0 saturated heterocycles. The van der Waals surface area contributed by atoms with Crippen LogP contribution in [-0.4, -0.2) is 5.78 Å². The minimum absolute atomic E-state index is 0.136. The molecule has 0 fully saturated rings. The van der Waals surface area contributed by atoms with Crippen LogP contribution >= 0.6 is 0 Å². The summed E-state index contributed by atoms with van der Waals surface area (Å²) in [7, 11) is 0. The van der Waals surface area contributed by atoms with Crippen LogP contribution in [0.4, 0.5) is 0 Å². The van der Waals surface area contributed by atoms with Gasteiger partial charge in [0.15, 0.2) is 5.78 Å². The van der Waals surface area contributed by atoms with Crippen LogP contribution in [0.2, 0.25) is 0 Å². The number of carbonyl (C=O) groups excluding carboxylic acids is 1. The highest BCUT2D eigenvalue weighted by Crippen LogP contribution is 2.44. The molecular weight excluding hydrogens is 304 g/mol. The van der Waals surface area contributed by atoms with Crippen LogP contribution in [0.3, 0.4) is 0 Å². The summed E-state index contributed by atoms with van der Waals surface area (Å²) in [6, 6.07) is 26.9. The molecule has 0 spiro atoms. The maximum Gasteiger partial charge on any atom is 0.194 e. The van der Waals surface area contributed by atoms with Gasteiger partial charge in [-0.05, 0) is 46.0 Å². The van der Waals surface area contributed by atoms with Gasteiger partial charge < -0.3 is 0 Å². The van der Waals surface area contributed by atoms with Crippen molar-refractivity contribution in [1.82, 2.24) is 0 Å². The van der Waals surface area contributed by atoms with Crippen LogP contribution in [0, 0.1) is 6.92 Å². The average molecular weight is 320 g/mol. The molecule has 0 atom stereocenters. The molecule has 25 heavy (non-hydrogen) atoms. The molecule has 1 aliphatic rings. The summed E-state index contributed by atoms with van der Waals surface area (Å²) in [5, 5.41) is 2.17. The predicted octanol–water partition coefficient (Wildman–Crippen LogP) is 6.03. The first-order valence-corrected chi connectivity index (χ1v) is 8.51. The van der Waals surface area contributed by atoms with Crippen molar-refractivity contribution in [2.75, 3.05) is 0 Å². The molecule has 4 aromatic carbocycles. The number of ketones is 1. The second-order valence-electron chi connectivity index (χ2n) is 6.63. The van der Waals surface area contributed by atoms with E-state index in [-0.39, 0.29) is 5.78 Å². The first-order valence-electron chi connectivity index (χ1n) is 8.51. The number of hydrogen-bond acceptors (Lipinski definition) is 1. The fourth-order valence-electron chi connectivity index (χ4n) is 3.85. The molecule has 0 heterocycles. The second-order valence-corrected chi connectivity index (χ2v) is 6.63. The lowest BCUT2D eigenvalue weighted by molar-refractivity contribution is 0.104. The molecule has 1 aliphatic carbocycles. The fraction of sp³-hybridized carbons (Fsp3) is 0.0417. The highest BCUT2D eigenvalue weighted by molar-refractivity contribution is 6.28. The van der Waals surface area contributed by atoms with Crippen molar-refractivity contribution < 1.29 is 4.79 Å². The molecule has 5 rings (SSSR count). The Morgan fingerprint density at radius 2 is 1.24 bits per heavy atom. The highest BCUT2D eigenvalue weighted by atomic mass is 16.1. The Morgan fingerprint density at radius 3 is 2.00 bits per heavy atom. The van der Waals surface area contributed by atoms with Crippen LogP contribution in [0.25, 0.3) is 33.0 Å². The molecule has 0 saturated carbocycles. The largest absolute Gasteiger partial charge is 0.289 e. The van der Waals surface area contributed by atoms with Gasteiger partial charge >= 0.3 is 0 Å². The lowest BCUT2D eigenvalue weighted by Gasteiger charge is -2.12. The van der Waals surface area contributed by atoms with Gasteiger partial charge in [-0.25, -0.2) is 0 Å². The summed E-state index contributed by atoms with van der Waals surface area (Å²) in [6.45, 7) is 2.10. The van der Waals surface area contributed by atoms with Crippen LogP contribution in [-0.2, 0) is 0 Å². The third-order valence-corrected chi connectivity index (χ3v) is 5.10. The quantitative estimate of drug-likeness (QED) is 0.369. The number of rotatable bonds is 1. The van der Waals surface area contributed by atoms with Gasteiger partial charge in [-0.15, -0.1) is 0 Å². The van der Waals surface area contributed by atoms with Crippen molar-refractivity contribution in [2.24, 2.45) is 0 Å². The topological polar surface area (TPSA) is 17.1 Å². The van der Waals surface area contributed by atoms with E-state index < -0.39 is 0 Å². The Labute approximate surface area is 146 Å². The summed E-state index contributed by atoms with van der Waals surface area (Å²) < 4.78 is 0. The van der Waals surface area contributed by atoms with Crippen LogP contribution in [0.15, 0.2) is 78.9 Å². The molecule has 0 N–H and O–H groups in total. The van der Waals surface area contributed by atoms with E-state index in [1.54, 1.807) is 0 Å². The van der Waals surface area contributed by atoms with E-state index in [4.69, 9.17) is 0 Å². The summed E-state index contributed by atoms with van der Waals surface area (Å²) in [4.78, 5) is 13.0. The molecule has 0 aliphatic heterocycles. The van der Waals surface area contributed by atoms with Crippen LogP contribution in [0.5, 0.6) is 0 Å². The van der Waals surface area contributed by atoms with Gasteiger partial charge in [-0.1, -0.05) is 78.4 Å². The van der Waals surface area contributed by atoms with E-state index in [0.717, 1.165) is 33.0 Å². The molecule has 0 aromatic heterocycles. The Hall–Kier alpha value is -3.19. The number of fused-ring (bicyclic) bond motifs is 5. The zero-order valence-electron chi connectivity index (χ0n) is 13.9. The number of benzene rings is 4. The van der Waals surface area contributed by atoms with Crippen molar-refractivity contribution in [1.29, 1.82) is 0 Å². The van der Waals surface area contributed by atoms with Crippen molar-refractivity contribution in [3.8, 4) is 22.3 Å². The lowest BCUT2D eigenvalue weighted by atomic mass is 9.91. The van der Waals surface area contributed by atoms with Gasteiger partial charge in [0.25, 0.3) is 0 Å². The monoisotopic (exact) mass is 320 g/mol. The minimum Gasteiger partial charge on any atom is -0.289 e. The SMILES string of the molecule is Cc1ccc(-c2cc3c(c4ccccc24)C(=O)c2ccccc2-3)cc1. The maximum absolute atomic E-state index is 13.0. The van der Waals surface area contributed by atoms with Gasteiger partial charge in [0, 0.05) is 11.1 Å². The molecule has 0 amide bonds. The summed E-state index contributed by atoms with van der Waals surface area (Å²) in [6.07, 6.45) is 0. The third kappa shape index (κ3) is 1.99. The molecule has 1 nitrogen and oxygen atoms in total. The van der Waals surface area contributed by atoms with Crippen molar-refractivity contribution in [3.05, 3.63) is 95.6 Å². The van der Waals surface area contributed by atoms with Crippen LogP contribution in [0.1, 0.15) is 21.5 Å². The van der Waals surface area contributed by atoms with Crippen molar-refractivity contribution in [3.63, 3.8) is 0 Å². The van der Waals surface area contributed by atoms with E-state index in [1.165, 1.54) is 16.7 Å². The normalized spacial score (nSPS) is 12.3. The highest BCUT2D eigenvalue weighted by Gasteiger charge is 2.29. The molecular formula is C24H16O. The number of aryl methyl sites for hydroxylation is 1. The smallest absolute Gasteiger partial charge is 0.194 e. The molecule has 1 heteroatoms. The van der Waals surface area contributed by atoms with E-state index in [9.17, 15) is 4.79 Å². The molecule has 4 aromatic rings. The van der Waals surface area contributed by atoms with Gasteiger partial charge in [0.05, 0.1) is 0 Å². The predicted molar refractivity (Wildman–Crippen MR) is 103 cm³/mol. The first kappa shape index (κ1) is 14.2. The Bertz CT molecular complexity index is 1150. The summed E-state index contributed by atoms with van der Waals surface area (Å²) in [5.41, 5.74) is 7.35. The fourth-order valence-corrected chi connectivity index (χ4v) is 3.85. The summed E-state index contributed by atoms with van der Waals surface area (Å²) in [5.74, 6) is 0.136. The Morgan fingerprint density at radius 1 is 0.600 bits per heavy atom. The standard InChI is InChI=1S/C24H16O/c1-15-10-12-16(13-11-15)21-14-22-18-7-3-5-9-20(18)24(25)23(22)19-8-4-2-6-17(19)21/h2-14H,1H3. The first-order chi connectivity index (χ1) is 12.2. The molecule has 118 valence electrons. The van der Waals surface area contributed by atoms with E-state index in [2.05, 4.69) is 49.4 Å². The van der Waals surface area contributed by atoms with Gasteiger partial charge in [0.1, 0.15) is 0 Å². The zero-order valence-corrected chi connectivity index (χ0v) is 13.9. The molecule has 0 unspecified atom stereocenters. The average Bonchev–Trinajstić information content (AvgIpc) is 2.95. The second kappa shape index (κ2) is 5.15. The van der Waals surface area contributed by atoms with E-state index in [1.807, 2.05) is 36.4 Å². The molecule has 0 radical (unpaired) electrons. The van der Waals surface area contributed by atoms with Crippen molar-refractivity contribution >= 4 is 16.6 Å². The van der Waals surface area contributed by atoms with Gasteiger partial charge in [0.2, 0.25) is 0 Å². The van der Waals surface area contributed by atoms with Crippen LogP contribution < -0.4 is 0 Å². The summed E-state index contributed by atoms with van der Waals surface area (Å²) >= 11 is 0. The van der Waals surface area contributed by atoms with Gasteiger partial charge in [-0.3, -0.25) is 4.79 Å². The molecule has 0 bridgehead atoms. The third-order valence-electron chi connectivity index (χ3n) is 5.10. The van der Waals surface area contributed by atoms with E-state index >= 15 is 0 Å². The minimum atomic E-state index is 0.136. The number of hydrogen-bond donors (Lipinski definition) is 0. The van der Waals surface area contributed by atoms with Crippen molar-refractivity contribution in [2.45, 2.75) is 6.92 Å².